The maximum atomic E-state index is 10.2. The molecule has 1 aliphatic rings. The summed E-state index contributed by atoms with van der Waals surface area (Å²) >= 11 is 0. The monoisotopic (exact) mass is 215 g/mol. The maximum absolute atomic E-state index is 10.2. The van der Waals surface area contributed by atoms with Gasteiger partial charge < -0.3 is 10.8 Å². The van der Waals surface area contributed by atoms with Crippen LogP contribution in [-0.2, 0) is 0 Å². The minimum absolute atomic E-state index is 0.125. The fourth-order valence-corrected chi connectivity index (χ4v) is 1.99. The summed E-state index contributed by atoms with van der Waals surface area (Å²) in [6.45, 7) is 0. The van der Waals surface area contributed by atoms with E-state index in [1.54, 1.807) is 0 Å². The minimum Gasteiger partial charge on any atom is -0.391 e. The van der Waals surface area contributed by atoms with Gasteiger partial charge in [-0.05, 0) is 12.0 Å². The lowest BCUT2D eigenvalue weighted by molar-refractivity contribution is 0.103. The van der Waals surface area contributed by atoms with Crippen LogP contribution in [0, 0.1) is 5.92 Å². The number of aliphatic hydroxyl groups is 1. The quantitative estimate of drug-likeness (QED) is 0.811. The molecule has 84 valence electrons. The molecule has 16 heavy (non-hydrogen) atoms. The molecule has 0 saturated carbocycles. The molecule has 0 bridgehead atoms. The Kier molecular flexibility index (Phi) is 3.54. The van der Waals surface area contributed by atoms with E-state index in [2.05, 4.69) is 6.08 Å². The van der Waals surface area contributed by atoms with E-state index in [4.69, 9.17) is 5.73 Å². The van der Waals surface area contributed by atoms with Crippen LogP contribution in [-0.4, -0.2) is 11.2 Å². The van der Waals surface area contributed by atoms with Gasteiger partial charge in [0.05, 0.1) is 12.1 Å². The Morgan fingerprint density at radius 2 is 1.94 bits per heavy atom. The predicted octanol–water partition coefficient (Wildman–Crippen LogP) is 2.18. The Hall–Kier alpha value is -1.38. The van der Waals surface area contributed by atoms with Crippen LogP contribution < -0.4 is 5.73 Å². The number of allylic oxidation sites excluding steroid dienone is 3. The second kappa shape index (κ2) is 5.10. The molecule has 3 N–H and O–H groups in total. The van der Waals surface area contributed by atoms with Crippen LogP contribution in [0.5, 0.6) is 0 Å². The first-order valence-electron chi connectivity index (χ1n) is 5.61. The molecular formula is C14H17NO. The molecule has 0 aromatic heterocycles. The van der Waals surface area contributed by atoms with Crippen molar-refractivity contribution in [3.05, 3.63) is 60.2 Å². The van der Waals surface area contributed by atoms with E-state index in [-0.39, 0.29) is 12.0 Å². The zero-order valence-electron chi connectivity index (χ0n) is 9.16. The van der Waals surface area contributed by atoms with Crippen LogP contribution in [0.3, 0.4) is 0 Å². The molecule has 1 aliphatic carbocycles. The van der Waals surface area contributed by atoms with Gasteiger partial charge in [0.25, 0.3) is 0 Å². The summed E-state index contributed by atoms with van der Waals surface area (Å²) in [6, 6.07) is 9.43. The lowest BCUT2D eigenvalue weighted by Gasteiger charge is -2.26. The molecule has 2 heteroatoms. The molecule has 0 fully saturated rings. The van der Waals surface area contributed by atoms with Gasteiger partial charge in [0.1, 0.15) is 0 Å². The Balaban J connectivity index is 2.07. The highest BCUT2D eigenvalue weighted by molar-refractivity contribution is 5.21. The SMILES string of the molecule is NC(c1ccccc1)C(O)C1C=CC=CC1. The standard InChI is InChI=1S/C14H17NO/c15-13(11-7-3-1-4-8-11)14(16)12-9-5-2-6-10-12/h1-9,12-14,16H,10,15H2. The zero-order valence-corrected chi connectivity index (χ0v) is 9.16. The van der Waals surface area contributed by atoms with Gasteiger partial charge >= 0.3 is 0 Å². The van der Waals surface area contributed by atoms with Gasteiger partial charge in [0.2, 0.25) is 0 Å². The third kappa shape index (κ3) is 2.40. The summed E-state index contributed by atoms with van der Waals surface area (Å²) in [5.41, 5.74) is 7.05. The van der Waals surface area contributed by atoms with E-state index in [1.165, 1.54) is 0 Å². The Labute approximate surface area is 96.1 Å². The van der Waals surface area contributed by atoms with Crippen molar-refractivity contribution in [2.45, 2.75) is 18.6 Å². The largest absolute Gasteiger partial charge is 0.391 e. The number of nitrogens with two attached hydrogens (primary N) is 1. The number of hydrogen-bond acceptors (Lipinski definition) is 2. The number of rotatable bonds is 3. The van der Waals surface area contributed by atoms with Gasteiger partial charge in [-0.1, -0.05) is 54.6 Å². The fraction of sp³-hybridized carbons (Fsp3) is 0.286. The van der Waals surface area contributed by atoms with Crippen molar-refractivity contribution in [2.75, 3.05) is 0 Å². The third-order valence-corrected chi connectivity index (χ3v) is 3.00. The van der Waals surface area contributed by atoms with E-state index in [0.717, 1.165) is 12.0 Å². The number of hydrogen-bond donors (Lipinski definition) is 2. The molecule has 2 rings (SSSR count). The highest BCUT2D eigenvalue weighted by atomic mass is 16.3. The molecular weight excluding hydrogens is 198 g/mol. The van der Waals surface area contributed by atoms with E-state index >= 15 is 0 Å². The first-order valence-corrected chi connectivity index (χ1v) is 5.61. The number of aliphatic hydroxyl groups excluding tert-OH is 1. The molecule has 1 aromatic rings. The van der Waals surface area contributed by atoms with E-state index in [9.17, 15) is 5.11 Å². The van der Waals surface area contributed by atoms with Gasteiger partial charge in [-0.3, -0.25) is 0 Å². The summed E-state index contributed by atoms with van der Waals surface area (Å²) in [4.78, 5) is 0. The molecule has 0 amide bonds. The highest BCUT2D eigenvalue weighted by Gasteiger charge is 2.24. The zero-order chi connectivity index (χ0) is 11.4. The van der Waals surface area contributed by atoms with Crippen molar-refractivity contribution in [1.82, 2.24) is 0 Å². The molecule has 1 aromatic carbocycles. The van der Waals surface area contributed by atoms with Crippen LogP contribution in [0.2, 0.25) is 0 Å². The van der Waals surface area contributed by atoms with Crippen LogP contribution in [0.25, 0.3) is 0 Å². The van der Waals surface area contributed by atoms with Crippen molar-refractivity contribution in [1.29, 1.82) is 0 Å². The summed E-state index contributed by atoms with van der Waals surface area (Å²) in [5, 5.41) is 10.2. The van der Waals surface area contributed by atoms with Crippen LogP contribution in [0.15, 0.2) is 54.6 Å². The van der Waals surface area contributed by atoms with Gasteiger partial charge in [-0.15, -0.1) is 0 Å². The summed E-state index contributed by atoms with van der Waals surface area (Å²) in [7, 11) is 0. The number of benzene rings is 1. The second-order valence-electron chi connectivity index (χ2n) is 4.14. The molecule has 3 unspecified atom stereocenters. The summed E-state index contributed by atoms with van der Waals surface area (Å²) in [5.74, 6) is 0.125. The predicted molar refractivity (Wildman–Crippen MR) is 65.8 cm³/mol. The Bertz CT molecular complexity index is 383. The fourth-order valence-electron chi connectivity index (χ4n) is 1.99. The summed E-state index contributed by atoms with van der Waals surface area (Å²) in [6.07, 6.45) is 8.38. The smallest absolute Gasteiger partial charge is 0.0798 e. The van der Waals surface area contributed by atoms with E-state index in [1.807, 2.05) is 48.6 Å². The Morgan fingerprint density at radius 1 is 1.19 bits per heavy atom. The lowest BCUT2D eigenvalue weighted by Crippen LogP contribution is -2.32. The topological polar surface area (TPSA) is 46.2 Å². The first kappa shape index (κ1) is 11.1. The molecule has 0 saturated heterocycles. The Morgan fingerprint density at radius 3 is 2.56 bits per heavy atom. The second-order valence-corrected chi connectivity index (χ2v) is 4.14. The molecule has 0 heterocycles. The molecule has 0 spiro atoms. The van der Waals surface area contributed by atoms with E-state index in [0.29, 0.717) is 0 Å². The van der Waals surface area contributed by atoms with E-state index < -0.39 is 6.10 Å². The van der Waals surface area contributed by atoms with Crippen molar-refractivity contribution in [3.63, 3.8) is 0 Å². The average Bonchev–Trinajstić information content (AvgIpc) is 2.39. The lowest BCUT2D eigenvalue weighted by atomic mass is 9.88. The van der Waals surface area contributed by atoms with Gasteiger partial charge in [0.15, 0.2) is 0 Å². The molecule has 2 nitrogen and oxygen atoms in total. The van der Waals surface area contributed by atoms with Gasteiger partial charge in [0, 0.05) is 5.92 Å². The van der Waals surface area contributed by atoms with Gasteiger partial charge in [-0.2, -0.15) is 0 Å². The van der Waals surface area contributed by atoms with Gasteiger partial charge in [-0.25, -0.2) is 0 Å². The van der Waals surface area contributed by atoms with Crippen molar-refractivity contribution < 1.29 is 5.11 Å². The maximum Gasteiger partial charge on any atom is 0.0798 e. The first-order chi connectivity index (χ1) is 7.79. The molecule has 0 aliphatic heterocycles. The molecule has 0 radical (unpaired) electrons. The minimum atomic E-state index is -0.524. The van der Waals surface area contributed by atoms with Crippen LogP contribution in [0.4, 0.5) is 0 Å². The highest BCUT2D eigenvalue weighted by Crippen LogP contribution is 2.24. The van der Waals surface area contributed by atoms with Crippen molar-refractivity contribution in [3.8, 4) is 0 Å². The normalized spacial score (nSPS) is 23.0. The van der Waals surface area contributed by atoms with Crippen molar-refractivity contribution in [2.24, 2.45) is 11.7 Å². The van der Waals surface area contributed by atoms with Crippen LogP contribution >= 0.6 is 0 Å². The average molecular weight is 215 g/mol. The molecule has 3 atom stereocenters. The van der Waals surface area contributed by atoms with Crippen molar-refractivity contribution >= 4 is 0 Å². The van der Waals surface area contributed by atoms with Crippen LogP contribution in [0.1, 0.15) is 18.0 Å². The third-order valence-electron chi connectivity index (χ3n) is 3.00. The summed E-state index contributed by atoms with van der Waals surface area (Å²) < 4.78 is 0.